The fraction of sp³-hybridized carbons (Fsp3) is 0.429. The molecule has 0 amide bonds. The molecule has 0 saturated heterocycles. The molecule has 0 aromatic carbocycles. The average Bonchev–Trinajstić information content (AvgIpc) is 3.23. The zero-order valence-electron chi connectivity index (χ0n) is 11.8. The number of alkyl halides is 3. The minimum Gasteiger partial charge on any atom is -0.481 e. The summed E-state index contributed by atoms with van der Waals surface area (Å²) >= 11 is 0. The van der Waals surface area contributed by atoms with Gasteiger partial charge in [-0.05, 0) is 25.0 Å². The Kier molecular flexibility index (Phi) is 3.56. The number of halogens is 3. The van der Waals surface area contributed by atoms with Crippen LogP contribution in [0.5, 0.6) is 5.88 Å². The SMILES string of the molecule is COc1nc(-c2nc(C(F)(F)F)cn2C2CC2)ccc1CO. The molecular formula is C14H14F3N3O2. The molecule has 0 unspecified atom stereocenters. The van der Waals surface area contributed by atoms with Crippen LogP contribution in [-0.4, -0.2) is 26.8 Å². The van der Waals surface area contributed by atoms with E-state index in [0.717, 1.165) is 19.0 Å². The third kappa shape index (κ3) is 2.66. The van der Waals surface area contributed by atoms with Crippen molar-refractivity contribution in [3.63, 3.8) is 0 Å². The Morgan fingerprint density at radius 2 is 2.05 bits per heavy atom. The average molecular weight is 313 g/mol. The van der Waals surface area contributed by atoms with Gasteiger partial charge in [-0.3, -0.25) is 0 Å². The van der Waals surface area contributed by atoms with Gasteiger partial charge in [0, 0.05) is 17.8 Å². The summed E-state index contributed by atoms with van der Waals surface area (Å²) in [7, 11) is 1.39. The highest BCUT2D eigenvalue weighted by atomic mass is 19.4. The number of rotatable bonds is 4. The highest BCUT2D eigenvalue weighted by molar-refractivity contribution is 5.53. The number of imidazole rings is 1. The minimum absolute atomic E-state index is 0.0314. The summed E-state index contributed by atoms with van der Waals surface area (Å²) in [6, 6.07) is 3.14. The van der Waals surface area contributed by atoms with Gasteiger partial charge in [0.25, 0.3) is 0 Å². The van der Waals surface area contributed by atoms with Gasteiger partial charge in [0.05, 0.1) is 13.7 Å². The number of methoxy groups -OCH3 is 1. The Labute approximate surface area is 124 Å². The third-order valence-corrected chi connectivity index (χ3v) is 3.49. The number of aliphatic hydroxyl groups excluding tert-OH is 1. The van der Waals surface area contributed by atoms with Gasteiger partial charge in [-0.2, -0.15) is 13.2 Å². The number of pyridine rings is 1. The second-order valence-corrected chi connectivity index (χ2v) is 5.11. The molecule has 0 spiro atoms. The maximum atomic E-state index is 12.9. The third-order valence-electron chi connectivity index (χ3n) is 3.49. The monoisotopic (exact) mass is 313 g/mol. The molecule has 1 aliphatic carbocycles. The first-order chi connectivity index (χ1) is 10.4. The molecule has 8 heteroatoms. The molecule has 3 rings (SSSR count). The van der Waals surface area contributed by atoms with Gasteiger partial charge in [-0.1, -0.05) is 0 Å². The topological polar surface area (TPSA) is 60.2 Å². The smallest absolute Gasteiger partial charge is 0.434 e. The molecule has 2 aromatic rings. The number of aliphatic hydroxyl groups is 1. The van der Waals surface area contributed by atoms with E-state index in [-0.39, 0.29) is 30.0 Å². The molecule has 0 atom stereocenters. The van der Waals surface area contributed by atoms with E-state index < -0.39 is 11.9 Å². The first kappa shape index (κ1) is 14.8. The van der Waals surface area contributed by atoms with Gasteiger partial charge in [-0.15, -0.1) is 0 Å². The van der Waals surface area contributed by atoms with E-state index in [0.29, 0.717) is 5.56 Å². The van der Waals surface area contributed by atoms with Crippen LogP contribution in [0.2, 0.25) is 0 Å². The Balaban J connectivity index is 2.09. The van der Waals surface area contributed by atoms with Crippen LogP contribution in [-0.2, 0) is 12.8 Å². The van der Waals surface area contributed by atoms with E-state index >= 15 is 0 Å². The second-order valence-electron chi connectivity index (χ2n) is 5.11. The number of ether oxygens (including phenoxy) is 1. The van der Waals surface area contributed by atoms with Crippen LogP contribution >= 0.6 is 0 Å². The predicted octanol–water partition coefficient (Wildman–Crippen LogP) is 2.80. The van der Waals surface area contributed by atoms with Crippen molar-refractivity contribution in [3.05, 3.63) is 29.6 Å². The molecule has 118 valence electrons. The summed E-state index contributed by atoms with van der Waals surface area (Å²) in [4.78, 5) is 7.87. The van der Waals surface area contributed by atoms with Crippen molar-refractivity contribution >= 4 is 0 Å². The van der Waals surface area contributed by atoms with E-state index in [4.69, 9.17) is 4.74 Å². The largest absolute Gasteiger partial charge is 0.481 e. The lowest BCUT2D eigenvalue weighted by molar-refractivity contribution is -0.140. The highest BCUT2D eigenvalue weighted by Gasteiger charge is 2.37. The molecular weight excluding hydrogens is 299 g/mol. The number of aromatic nitrogens is 3. The Hall–Kier alpha value is -2.09. The van der Waals surface area contributed by atoms with Crippen molar-refractivity contribution in [1.29, 1.82) is 0 Å². The van der Waals surface area contributed by atoms with Gasteiger partial charge >= 0.3 is 6.18 Å². The highest BCUT2D eigenvalue weighted by Crippen LogP contribution is 2.40. The summed E-state index contributed by atoms with van der Waals surface area (Å²) in [6.07, 6.45) is -1.82. The number of hydrogen-bond donors (Lipinski definition) is 1. The van der Waals surface area contributed by atoms with Crippen molar-refractivity contribution in [2.75, 3.05) is 7.11 Å². The van der Waals surface area contributed by atoms with Crippen molar-refractivity contribution in [3.8, 4) is 17.4 Å². The maximum Gasteiger partial charge on any atom is 0.434 e. The quantitative estimate of drug-likeness (QED) is 0.943. The summed E-state index contributed by atoms with van der Waals surface area (Å²) in [5.41, 5.74) is -0.176. The van der Waals surface area contributed by atoms with E-state index in [1.54, 1.807) is 6.07 Å². The molecule has 22 heavy (non-hydrogen) atoms. The molecule has 0 bridgehead atoms. The van der Waals surface area contributed by atoms with Crippen molar-refractivity contribution < 1.29 is 23.0 Å². The standard InChI is InChI=1S/C14H14F3N3O2/c1-22-13-8(7-21)2-5-10(18-13)12-19-11(14(15,16)17)6-20(12)9-3-4-9/h2,5-6,9,21H,3-4,7H2,1H3. The Morgan fingerprint density at radius 1 is 1.32 bits per heavy atom. The molecule has 2 heterocycles. The molecule has 1 N–H and O–H groups in total. The fourth-order valence-electron chi connectivity index (χ4n) is 2.24. The first-order valence-electron chi connectivity index (χ1n) is 6.75. The normalized spacial score (nSPS) is 15.1. The van der Waals surface area contributed by atoms with Crippen molar-refractivity contribution in [2.45, 2.75) is 31.7 Å². The summed E-state index contributed by atoms with van der Waals surface area (Å²) in [6.45, 7) is -0.263. The van der Waals surface area contributed by atoms with E-state index in [9.17, 15) is 18.3 Å². The van der Waals surface area contributed by atoms with Crippen LogP contribution in [0.15, 0.2) is 18.3 Å². The molecule has 0 aliphatic heterocycles. The zero-order chi connectivity index (χ0) is 15.9. The van der Waals surface area contributed by atoms with Gasteiger partial charge < -0.3 is 14.4 Å². The van der Waals surface area contributed by atoms with E-state index in [1.165, 1.54) is 17.7 Å². The summed E-state index contributed by atoms with van der Waals surface area (Å²) < 4.78 is 45.2. The van der Waals surface area contributed by atoms with Gasteiger partial charge in [0.2, 0.25) is 5.88 Å². The number of nitrogens with zero attached hydrogens (tertiary/aromatic N) is 3. The van der Waals surface area contributed by atoms with Crippen LogP contribution in [0, 0.1) is 0 Å². The van der Waals surface area contributed by atoms with E-state index in [1.807, 2.05) is 0 Å². The molecule has 5 nitrogen and oxygen atoms in total. The van der Waals surface area contributed by atoms with Crippen LogP contribution in [0.3, 0.4) is 0 Å². The lowest BCUT2D eigenvalue weighted by atomic mass is 10.2. The first-order valence-corrected chi connectivity index (χ1v) is 6.75. The maximum absolute atomic E-state index is 12.9. The van der Waals surface area contributed by atoms with Gasteiger partial charge in [0.1, 0.15) is 5.69 Å². The molecule has 1 fully saturated rings. The van der Waals surface area contributed by atoms with Crippen LogP contribution in [0.25, 0.3) is 11.5 Å². The molecule has 2 aromatic heterocycles. The van der Waals surface area contributed by atoms with Crippen molar-refractivity contribution in [1.82, 2.24) is 14.5 Å². The van der Waals surface area contributed by atoms with Crippen LogP contribution in [0.4, 0.5) is 13.2 Å². The van der Waals surface area contributed by atoms with Gasteiger partial charge in [0.15, 0.2) is 11.5 Å². The molecule has 0 radical (unpaired) electrons. The lowest BCUT2D eigenvalue weighted by Gasteiger charge is -2.09. The zero-order valence-corrected chi connectivity index (χ0v) is 11.8. The number of hydrogen-bond acceptors (Lipinski definition) is 4. The lowest BCUT2D eigenvalue weighted by Crippen LogP contribution is -2.05. The van der Waals surface area contributed by atoms with Crippen molar-refractivity contribution in [2.24, 2.45) is 0 Å². The predicted molar refractivity (Wildman–Crippen MR) is 71.2 cm³/mol. The molecule has 1 aliphatic rings. The minimum atomic E-state index is -4.50. The summed E-state index contributed by atoms with van der Waals surface area (Å²) in [5.74, 6) is 0.344. The van der Waals surface area contributed by atoms with Crippen LogP contribution in [0.1, 0.15) is 30.1 Å². The Bertz CT molecular complexity index is 693. The second kappa shape index (κ2) is 5.28. The summed E-state index contributed by atoms with van der Waals surface area (Å²) in [5, 5.41) is 9.19. The van der Waals surface area contributed by atoms with E-state index in [2.05, 4.69) is 9.97 Å². The fourth-order valence-corrected chi connectivity index (χ4v) is 2.24. The van der Waals surface area contributed by atoms with Gasteiger partial charge in [-0.25, -0.2) is 9.97 Å². The van der Waals surface area contributed by atoms with Crippen LogP contribution < -0.4 is 4.74 Å². The molecule has 1 saturated carbocycles. The Morgan fingerprint density at radius 3 is 2.59 bits per heavy atom.